The summed E-state index contributed by atoms with van der Waals surface area (Å²) in [6.07, 6.45) is 1.54. The molecule has 0 aromatic heterocycles. The van der Waals surface area contributed by atoms with Crippen molar-refractivity contribution in [3.63, 3.8) is 0 Å². The van der Waals surface area contributed by atoms with Crippen molar-refractivity contribution in [2.45, 2.75) is 33.3 Å². The molecule has 0 aliphatic carbocycles. The van der Waals surface area contributed by atoms with Crippen molar-refractivity contribution in [3.8, 4) is 0 Å². The van der Waals surface area contributed by atoms with Crippen LogP contribution >= 0.6 is 0 Å². The van der Waals surface area contributed by atoms with Crippen molar-refractivity contribution in [2.75, 3.05) is 6.61 Å². The Hall–Kier alpha value is -1.58. The number of carbonyl (C=O) groups is 2. The molecule has 0 radical (unpaired) electrons. The molecule has 0 N–H and O–H groups in total. The molecule has 114 valence electrons. The molecule has 0 fully saturated rings. The van der Waals surface area contributed by atoms with Crippen LogP contribution in [0.4, 0.5) is 0 Å². The zero-order valence-corrected chi connectivity index (χ0v) is 14.2. The maximum atomic E-state index is 11.8. The van der Waals surface area contributed by atoms with Crippen molar-refractivity contribution in [2.24, 2.45) is 0 Å². The predicted molar refractivity (Wildman–Crippen MR) is 82.4 cm³/mol. The second-order valence-electron chi connectivity index (χ2n) is 4.66. The molecule has 1 aromatic rings. The Balaban J connectivity index is 2.27. The molecule has 0 heterocycles. The van der Waals surface area contributed by atoms with E-state index in [0.717, 1.165) is 4.46 Å². The molecule has 0 atom stereocenters. The second kappa shape index (κ2) is 9.37. The molecule has 4 nitrogen and oxygen atoms in total. The molecule has 21 heavy (non-hydrogen) atoms. The Labute approximate surface area is 131 Å². The number of hydrogen-bond acceptors (Lipinski definition) is 4. The van der Waals surface area contributed by atoms with Gasteiger partial charge in [-0.25, -0.2) is 0 Å². The fourth-order valence-corrected chi connectivity index (χ4v) is 2.91. The first kappa shape index (κ1) is 17.5. The molecular formula is C16H20O4Se. The van der Waals surface area contributed by atoms with Crippen molar-refractivity contribution in [1.29, 1.82) is 0 Å². The summed E-state index contributed by atoms with van der Waals surface area (Å²) >= 11 is -0.181. The summed E-state index contributed by atoms with van der Waals surface area (Å²) < 4.78 is 11.5. The standard InChI is InChI=1S/C16H20O4Se/c1-12(2)20-16(18)13(3)11-19-10-9-15(17)21-14-7-5-4-6-8-14/h4-8,11-12H,9-10H2,1-3H3/b13-11+. The zero-order chi connectivity index (χ0) is 15.7. The van der Waals surface area contributed by atoms with E-state index in [1.807, 2.05) is 30.3 Å². The molecule has 5 heteroatoms. The summed E-state index contributed by atoms with van der Waals surface area (Å²) in [6.45, 7) is 5.48. The molecule has 0 spiro atoms. The van der Waals surface area contributed by atoms with Crippen LogP contribution in [0.3, 0.4) is 0 Å². The Morgan fingerprint density at radius 3 is 2.52 bits per heavy atom. The van der Waals surface area contributed by atoms with Crippen molar-refractivity contribution in [1.82, 2.24) is 0 Å². The minimum atomic E-state index is -0.398. The summed E-state index contributed by atoms with van der Waals surface area (Å²) in [5.41, 5.74) is 0.393. The number of ether oxygens (including phenoxy) is 2. The number of esters is 1. The van der Waals surface area contributed by atoms with Crippen LogP contribution in [0.1, 0.15) is 27.2 Å². The van der Waals surface area contributed by atoms with Gasteiger partial charge in [0.15, 0.2) is 0 Å². The van der Waals surface area contributed by atoms with E-state index in [-0.39, 0.29) is 32.3 Å². The maximum absolute atomic E-state index is 11.8. The van der Waals surface area contributed by atoms with Crippen molar-refractivity contribution in [3.05, 3.63) is 42.2 Å². The third-order valence-corrected chi connectivity index (χ3v) is 4.30. The van der Waals surface area contributed by atoms with E-state index in [2.05, 4.69) is 0 Å². The average Bonchev–Trinajstić information content (AvgIpc) is 2.43. The number of hydrogen-bond donors (Lipinski definition) is 0. The van der Waals surface area contributed by atoms with E-state index in [0.29, 0.717) is 12.0 Å². The van der Waals surface area contributed by atoms with Crippen LogP contribution in [-0.2, 0) is 19.1 Å². The van der Waals surface area contributed by atoms with Crippen LogP contribution in [-0.4, -0.2) is 38.3 Å². The second-order valence-corrected chi connectivity index (χ2v) is 7.04. The van der Waals surface area contributed by atoms with E-state index in [4.69, 9.17) is 9.47 Å². The molecule has 0 bridgehead atoms. The average molecular weight is 355 g/mol. The fraction of sp³-hybridized carbons (Fsp3) is 0.375. The zero-order valence-electron chi connectivity index (χ0n) is 12.5. The van der Waals surface area contributed by atoms with E-state index in [1.165, 1.54) is 6.26 Å². The molecule has 0 amide bonds. The van der Waals surface area contributed by atoms with Gasteiger partial charge in [0.1, 0.15) is 0 Å². The quantitative estimate of drug-likeness (QED) is 0.235. The Morgan fingerprint density at radius 1 is 1.24 bits per heavy atom. The number of carbonyl (C=O) groups excluding carboxylic acids is 2. The van der Waals surface area contributed by atoms with Crippen molar-refractivity contribution >= 4 is 30.1 Å². The summed E-state index contributed by atoms with van der Waals surface area (Å²) in [4.78, 5) is 23.3. The summed E-state index contributed by atoms with van der Waals surface area (Å²) in [5.74, 6) is -0.398. The monoisotopic (exact) mass is 356 g/mol. The van der Waals surface area contributed by atoms with Gasteiger partial charge in [-0.3, -0.25) is 0 Å². The van der Waals surface area contributed by atoms with Gasteiger partial charge in [0.2, 0.25) is 0 Å². The van der Waals surface area contributed by atoms with Gasteiger partial charge < -0.3 is 0 Å². The van der Waals surface area contributed by atoms with Gasteiger partial charge in [-0.05, 0) is 0 Å². The first-order chi connectivity index (χ1) is 9.99. The normalized spacial score (nSPS) is 11.3. The van der Waals surface area contributed by atoms with Gasteiger partial charge in [0, 0.05) is 0 Å². The van der Waals surface area contributed by atoms with Gasteiger partial charge in [-0.1, -0.05) is 0 Å². The van der Waals surface area contributed by atoms with Crippen LogP contribution in [0.15, 0.2) is 42.2 Å². The molecule has 0 saturated carbocycles. The fourth-order valence-electron chi connectivity index (χ4n) is 1.35. The molecular weight excluding hydrogens is 335 g/mol. The first-order valence-corrected chi connectivity index (χ1v) is 8.45. The predicted octanol–water partition coefficient (Wildman–Crippen LogP) is 1.80. The summed E-state index contributed by atoms with van der Waals surface area (Å²) in [7, 11) is 0. The van der Waals surface area contributed by atoms with Gasteiger partial charge in [0.05, 0.1) is 0 Å². The molecule has 1 aromatic carbocycles. The third-order valence-electron chi connectivity index (χ3n) is 2.32. The summed E-state index contributed by atoms with van der Waals surface area (Å²) in [6, 6.07) is 9.67. The van der Waals surface area contributed by atoms with Crippen LogP contribution in [0.5, 0.6) is 0 Å². The van der Waals surface area contributed by atoms with Gasteiger partial charge in [0.25, 0.3) is 0 Å². The van der Waals surface area contributed by atoms with Crippen LogP contribution in [0, 0.1) is 0 Å². The Morgan fingerprint density at radius 2 is 1.90 bits per heavy atom. The van der Waals surface area contributed by atoms with E-state index >= 15 is 0 Å². The third kappa shape index (κ3) is 7.69. The van der Waals surface area contributed by atoms with E-state index in [1.54, 1.807) is 20.8 Å². The molecule has 1 rings (SSSR count). The minimum absolute atomic E-state index is 0.156. The Kier molecular flexibility index (Phi) is 7.80. The van der Waals surface area contributed by atoms with Gasteiger partial charge >= 0.3 is 131 Å². The van der Waals surface area contributed by atoms with Crippen LogP contribution in [0.25, 0.3) is 0 Å². The number of rotatable bonds is 8. The number of benzene rings is 1. The van der Waals surface area contributed by atoms with Crippen molar-refractivity contribution < 1.29 is 19.1 Å². The Bertz CT molecular complexity index is 494. The van der Waals surface area contributed by atoms with Crippen LogP contribution in [0.2, 0.25) is 0 Å². The van der Waals surface area contributed by atoms with E-state index < -0.39 is 5.97 Å². The molecule has 0 aliphatic heterocycles. The molecule has 0 aliphatic rings. The van der Waals surface area contributed by atoms with E-state index in [9.17, 15) is 9.59 Å². The first-order valence-electron chi connectivity index (χ1n) is 6.74. The SMILES string of the molecule is C/C(=C\OCCC(=O)[Se]c1ccccc1)C(=O)OC(C)C. The molecule has 0 saturated heterocycles. The van der Waals surface area contributed by atoms with Gasteiger partial charge in [-0.2, -0.15) is 0 Å². The summed E-state index contributed by atoms with van der Waals surface area (Å²) in [5, 5.41) is 0. The van der Waals surface area contributed by atoms with Gasteiger partial charge in [-0.15, -0.1) is 0 Å². The molecule has 0 unspecified atom stereocenters. The topological polar surface area (TPSA) is 52.6 Å². The van der Waals surface area contributed by atoms with Crippen LogP contribution < -0.4 is 4.46 Å².